The largest absolute Gasteiger partial charge is 0.339 e. The second-order valence-electron chi connectivity index (χ2n) is 8.98. The molecule has 4 aromatic rings. The number of pyridine rings is 1. The van der Waals surface area contributed by atoms with E-state index in [-0.39, 0.29) is 29.0 Å². The van der Waals surface area contributed by atoms with Crippen LogP contribution in [0, 0.1) is 18.3 Å². The molecule has 8 heteroatoms. The number of nitriles is 1. The maximum Gasteiger partial charge on any atom is 0.337 e. The van der Waals surface area contributed by atoms with Gasteiger partial charge in [-0.05, 0) is 56.0 Å². The number of likely N-dealkylation sites (tertiary alicyclic amines) is 1. The highest BCUT2D eigenvalue weighted by Crippen LogP contribution is 2.21. The number of carbonyl (C=O) groups excluding carboxylic acids is 1. The van der Waals surface area contributed by atoms with Crippen LogP contribution >= 0.6 is 0 Å². The van der Waals surface area contributed by atoms with E-state index in [1.807, 2.05) is 6.07 Å². The summed E-state index contributed by atoms with van der Waals surface area (Å²) in [6.45, 7) is 2.91. The van der Waals surface area contributed by atoms with Crippen molar-refractivity contribution in [3.63, 3.8) is 0 Å². The number of hydrogen-bond donors (Lipinski definition) is 0. The Bertz CT molecular complexity index is 1620. The minimum atomic E-state index is -0.595. The maximum absolute atomic E-state index is 13.9. The van der Waals surface area contributed by atoms with Gasteiger partial charge in [0.2, 0.25) is 0 Å². The van der Waals surface area contributed by atoms with Crippen LogP contribution in [0.1, 0.15) is 46.4 Å². The number of para-hydroxylation sites is 1. The van der Waals surface area contributed by atoms with Crippen LogP contribution in [-0.4, -0.2) is 38.0 Å². The molecule has 0 atom stereocenters. The zero-order chi connectivity index (χ0) is 25.2. The lowest BCUT2D eigenvalue weighted by atomic mass is 10.1. The van der Waals surface area contributed by atoms with Gasteiger partial charge in [0.15, 0.2) is 5.65 Å². The molecule has 0 bridgehead atoms. The van der Waals surface area contributed by atoms with Gasteiger partial charge in [0, 0.05) is 18.8 Å². The highest BCUT2D eigenvalue weighted by Gasteiger charge is 2.26. The van der Waals surface area contributed by atoms with Crippen LogP contribution in [0.2, 0.25) is 0 Å². The maximum atomic E-state index is 13.9. The highest BCUT2D eigenvalue weighted by atomic mass is 16.2. The number of carbonyl (C=O) groups is 1. The molecule has 1 fully saturated rings. The minimum Gasteiger partial charge on any atom is -0.339 e. The summed E-state index contributed by atoms with van der Waals surface area (Å²) in [5, 5.41) is 9.66. The lowest BCUT2D eigenvalue weighted by Gasteiger charge is -2.27. The van der Waals surface area contributed by atoms with Crippen LogP contribution < -0.4 is 11.2 Å². The van der Waals surface area contributed by atoms with Gasteiger partial charge in [-0.15, -0.1) is 0 Å². The van der Waals surface area contributed by atoms with Gasteiger partial charge < -0.3 is 4.90 Å². The number of nitrogens with zero attached hydrogens (tertiary/aromatic N) is 5. The molecule has 0 radical (unpaired) electrons. The number of rotatable bonds is 4. The van der Waals surface area contributed by atoms with Crippen molar-refractivity contribution in [2.45, 2.75) is 32.7 Å². The number of fused-ring (bicyclic) bond motifs is 1. The zero-order valence-electron chi connectivity index (χ0n) is 20.0. The summed E-state index contributed by atoms with van der Waals surface area (Å²) in [5.41, 5.74) is 1.22. The number of hydrogen-bond acceptors (Lipinski definition) is 5. The highest BCUT2D eigenvalue weighted by molar-refractivity contribution is 6.05. The van der Waals surface area contributed by atoms with E-state index in [1.54, 1.807) is 66.4 Å². The molecule has 0 N–H and O–H groups in total. The Labute approximate surface area is 207 Å². The second kappa shape index (κ2) is 9.62. The number of amides is 1. The Morgan fingerprint density at radius 2 is 1.69 bits per heavy atom. The summed E-state index contributed by atoms with van der Waals surface area (Å²) in [7, 11) is 0. The standard InChI is InChI=1S/C28H25N5O3/c1-19-16-23(26(34)31-14-8-3-9-15-31)24-25(30-19)33(22-12-4-2-5-13-22)28(36)32(27(24)35)18-21-11-7-6-10-20(21)17-29/h2,4-7,10-13,16H,3,8-9,14-15,18H2,1H3. The number of piperidine rings is 1. The molecular formula is C28H25N5O3. The van der Waals surface area contributed by atoms with Crippen LogP contribution in [0.3, 0.4) is 0 Å². The SMILES string of the molecule is Cc1cc(C(=O)N2CCCCC2)c2c(=O)n(Cc3ccccc3C#N)c(=O)n(-c3ccccc3)c2n1. The fourth-order valence-corrected chi connectivity index (χ4v) is 4.79. The summed E-state index contributed by atoms with van der Waals surface area (Å²) in [6, 6.07) is 19.5. The van der Waals surface area contributed by atoms with Crippen LogP contribution in [0.5, 0.6) is 0 Å². The van der Waals surface area contributed by atoms with Gasteiger partial charge in [-0.1, -0.05) is 36.4 Å². The lowest BCUT2D eigenvalue weighted by Crippen LogP contribution is -2.42. The van der Waals surface area contributed by atoms with E-state index < -0.39 is 11.2 Å². The summed E-state index contributed by atoms with van der Waals surface area (Å²) in [6.07, 6.45) is 2.90. The van der Waals surface area contributed by atoms with E-state index in [4.69, 9.17) is 0 Å². The van der Waals surface area contributed by atoms with Crippen LogP contribution in [0.4, 0.5) is 0 Å². The van der Waals surface area contributed by atoms with E-state index in [0.29, 0.717) is 35.6 Å². The van der Waals surface area contributed by atoms with Crippen molar-refractivity contribution >= 4 is 16.9 Å². The molecule has 0 spiro atoms. The van der Waals surface area contributed by atoms with Crippen molar-refractivity contribution in [2.75, 3.05) is 13.1 Å². The zero-order valence-corrected chi connectivity index (χ0v) is 20.0. The Kier molecular flexibility index (Phi) is 6.21. The van der Waals surface area contributed by atoms with Gasteiger partial charge in [-0.25, -0.2) is 14.3 Å². The summed E-state index contributed by atoms with van der Waals surface area (Å²) < 4.78 is 2.47. The van der Waals surface area contributed by atoms with Crippen molar-refractivity contribution in [1.29, 1.82) is 5.26 Å². The van der Waals surface area contributed by atoms with Crippen LogP contribution in [-0.2, 0) is 6.54 Å². The van der Waals surface area contributed by atoms with Crippen molar-refractivity contribution in [2.24, 2.45) is 0 Å². The summed E-state index contributed by atoms with van der Waals surface area (Å²) in [5.74, 6) is -0.232. The molecule has 0 unspecified atom stereocenters. The smallest absolute Gasteiger partial charge is 0.337 e. The van der Waals surface area contributed by atoms with Gasteiger partial charge in [0.25, 0.3) is 11.5 Å². The Morgan fingerprint density at radius 1 is 1.00 bits per heavy atom. The van der Waals surface area contributed by atoms with Crippen molar-refractivity contribution in [3.8, 4) is 11.8 Å². The molecule has 1 amide bonds. The average molecular weight is 480 g/mol. The summed E-state index contributed by atoms with van der Waals surface area (Å²) >= 11 is 0. The molecule has 1 aliphatic heterocycles. The van der Waals surface area contributed by atoms with Gasteiger partial charge in [-0.3, -0.25) is 14.2 Å². The van der Waals surface area contributed by atoms with Gasteiger partial charge >= 0.3 is 5.69 Å². The molecule has 1 saturated heterocycles. The molecular weight excluding hydrogens is 454 g/mol. The molecule has 180 valence electrons. The first kappa shape index (κ1) is 23.2. The topological polar surface area (TPSA) is 101 Å². The van der Waals surface area contributed by atoms with Crippen molar-refractivity contribution in [1.82, 2.24) is 19.0 Å². The lowest BCUT2D eigenvalue weighted by molar-refractivity contribution is 0.0726. The second-order valence-corrected chi connectivity index (χ2v) is 8.98. The minimum absolute atomic E-state index is 0.102. The van der Waals surface area contributed by atoms with E-state index in [2.05, 4.69) is 11.1 Å². The molecule has 0 aliphatic carbocycles. The van der Waals surface area contributed by atoms with E-state index >= 15 is 0 Å². The molecule has 3 heterocycles. The third-order valence-electron chi connectivity index (χ3n) is 6.58. The van der Waals surface area contributed by atoms with E-state index in [1.165, 1.54) is 4.57 Å². The summed E-state index contributed by atoms with van der Waals surface area (Å²) in [4.78, 5) is 47.7. The van der Waals surface area contributed by atoms with Crippen molar-refractivity contribution < 1.29 is 4.79 Å². The molecule has 1 aliphatic rings. The molecule has 2 aromatic carbocycles. The Morgan fingerprint density at radius 3 is 2.42 bits per heavy atom. The fourth-order valence-electron chi connectivity index (χ4n) is 4.79. The fraction of sp³-hybridized carbons (Fsp3) is 0.250. The predicted octanol–water partition coefficient (Wildman–Crippen LogP) is 3.40. The quantitative estimate of drug-likeness (QED) is 0.447. The van der Waals surface area contributed by atoms with E-state index in [0.717, 1.165) is 23.8 Å². The van der Waals surface area contributed by atoms with Gasteiger partial charge in [0.05, 0.1) is 34.8 Å². The molecule has 0 saturated carbocycles. The Hall–Kier alpha value is -4.51. The number of benzene rings is 2. The van der Waals surface area contributed by atoms with E-state index in [9.17, 15) is 19.6 Å². The average Bonchev–Trinajstić information content (AvgIpc) is 2.91. The van der Waals surface area contributed by atoms with Crippen LogP contribution in [0.25, 0.3) is 16.7 Å². The Balaban J connectivity index is 1.84. The first-order valence-electron chi connectivity index (χ1n) is 12.0. The first-order chi connectivity index (χ1) is 17.5. The normalized spacial score (nSPS) is 13.5. The third kappa shape index (κ3) is 4.09. The van der Waals surface area contributed by atoms with Gasteiger partial charge in [-0.2, -0.15) is 5.26 Å². The number of aromatic nitrogens is 3. The monoisotopic (exact) mass is 479 g/mol. The van der Waals surface area contributed by atoms with Crippen molar-refractivity contribution in [3.05, 3.63) is 104 Å². The molecule has 5 rings (SSSR count). The van der Waals surface area contributed by atoms with Gasteiger partial charge in [0.1, 0.15) is 0 Å². The third-order valence-corrected chi connectivity index (χ3v) is 6.58. The number of aryl methyl sites for hydroxylation is 1. The molecule has 2 aromatic heterocycles. The van der Waals surface area contributed by atoms with Crippen LogP contribution in [0.15, 0.2) is 70.3 Å². The first-order valence-corrected chi connectivity index (χ1v) is 12.0. The molecule has 8 nitrogen and oxygen atoms in total. The molecule has 36 heavy (non-hydrogen) atoms. The predicted molar refractivity (Wildman–Crippen MR) is 136 cm³/mol.